The van der Waals surface area contributed by atoms with Gasteiger partial charge in [-0.25, -0.2) is 9.78 Å². The Balaban J connectivity index is 1.47. The van der Waals surface area contributed by atoms with Gasteiger partial charge in [0.1, 0.15) is 5.58 Å². The molecule has 4 rings (SSSR count). The molecule has 4 aromatic rings. The molecule has 2 aromatic heterocycles. The van der Waals surface area contributed by atoms with E-state index in [0.717, 1.165) is 0 Å². The first kappa shape index (κ1) is 16.7. The van der Waals surface area contributed by atoms with Crippen molar-refractivity contribution in [3.63, 3.8) is 0 Å². The number of para-hydroxylation sites is 1. The minimum Gasteiger partial charge on any atom is -0.423 e. The standard InChI is InChI=1S/C20H15N3O4/c24-18(22-14-6-7-17-13(11-14)5-8-19(25)27-17)9-10-23-12-21-16-4-2-1-3-15(16)20(23)26/h1-8,11-12H,9-10H2,(H,22,24). The molecule has 2 aromatic carbocycles. The van der Waals surface area contributed by atoms with Crippen molar-refractivity contribution in [3.05, 3.63) is 81.7 Å². The lowest BCUT2D eigenvalue weighted by Crippen LogP contribution is -2.23. The van der Waals surface area contributed by atoms with Crippen molar-refractivity contribution in [3.8, 4) is 0 Å². The second kappa shape index (κ2) is 6.87. The Labute approximate surface area is 152 Å². The van der Waals surface area contributed by atoms with Gasteiger partial charge in [0.25, 0.3) is 5.56 Å². The molecule has 0 aliphatic rings. The van der Waals surface area contributed by atoms with E-state index in [1.165, 1.54) is 17.0 Å². The summed E-state index contributed by atoms with van der Waals surface area (Å²) in [6, 6.07) is 15.1. The van der Waals surface area contributed by atoms with Gasteiger partial charge in [-0.15, -0.1) is 0 Å². The van der Waals surface area contributed by atoms with Crippen molar-refractivity contribution in [2.75, 3.05) is 5.32 Å². The number of nitrogens with zero attached hydrogens (tertiary/aromatic N) is 2. The molecule has 1 N–H and O–H groups in total. The van der Waals surface area contributed by atoms with E-state index in [2.05, 4.69) is 10.3 Å². The van der Waals surface area contributed by atoms with E-state index in [1.807, 2.05) is 6.07 Å². The van der Waals surface area contributed by atoms with Crippen molar-refractivity contribution >= 4 is 33.5 Å². The number of carbonyl (C=O) groups is 1. The number of hydrogen-bond acceptors (Lipinski definition) is 5. The average Bonchev–Trinajstić information content (AvgIpc) is 2.68. The zero-order chi connectivity index (χ0) is 18.8. The fraction of sp³-hybridized carbons (Fsp3) is 0.100. The smallest absolute Gasteiger partial charge is 0.336 e. The predicted molar refractivity (Wildman–Crippen MR) is 102 cm³/mol. The zero-order valence-electron chi connectivity index (χ0n) is 14.2. The van der Waals surface area contributed by atoms with Gasteiger partial charge in [0, 0.05) is 30.1 Å². The van der Waals surface area contributed by atoms with Crippen LogP contribution in [0.25, 0.3) is 21.9 Å². The van der Waals surface area contributed by atoms with Gasteiger partial charge in [-0.1, -0.05) is 12.1 Å². The van der Waals surface area contributed by atoms with E-state index in [1.54, 1.807) is 42.5 Å². The minimum atomic E-state index is -0.422. The Morgan fingerprint density at radius 3 is 2.81 bits per heavy atom. The summed E-state index contributed by atoms with van der Waals surface area (Å²) in [7, 11) is 0. The van der Waals surface area contributed by atoms with E-state index in [-0.39, 0.29) is 24.4 Å². The number of anilines is 1. The highest BCUT2D eigenvalue weighted by atomic mass is 16.4. The van der Waals surface area contributed by atoms with Gasteiger partial charge >= 0.3 is 5.63 Å². The normalized spacial score (nSPS) is 11.0. The summed E-state index contributed by atoms with van der Waals surface area (Å²) in [6.45, 7) is 0.227. The predicted octanol–water partition coefficient (Wildman–Crippen LogP) is 2.53. The second-order valence-corrected chi connectivity index (χ2v) is 6.07. The van der Waals surface area contributed by atoms with E-state index < -0.39 is 5.63 Å². The largest absolute Gasteiger partial charge is 0.423 e. The maximum Gasteiger partial charge on any atom is 0.336 e. The molecule has 0 atom stereocenters. The molecule has 0 unspecified atom stereocenters. The molecule has 0 saturated carbocycles. The first-order valence-corrected chi connectivity index (χ1v) is 8.38. The number of amides is 1. The van der Waals surface area contributed by atoms with Gasteiger partial charge in [-0.2, -0.15) is 0 Å². The SMILES string of the molecule is O=C(CCn1cnc2ccccc2c1=O)Nc1ccc2oc(=O)ccc2c1. The Morgan fingerprint density at radius 2 is 1.93 bits per heavy atom. The third kappa shape index (κ3) is 3.48. The number of rotatable bonds is 4. The molecule has 0 radical (unpaired) electrons. The first-order chi connectivity index (χ1) is 13.1. The number of fused-ring (bicyclic) bond motifs is 2. The second-order valence-electron chi connectivity index (χ2n) is 6.07. The molecular weight excluding hydrogens is 346 g/mol. The highest BCUT2D eigenvalue weighted by Gasteiger charge is 2.07. The molecule has 1 amide bonds. The number of aryl methyl sites for hydroxylation is 1. The molecule has 2 heterocycles. The van der Waals surface area contributed by atoms with Crippen molar-refractivity contribution in [1.82, 2.24) is 9.55 Å². The Bertz CT molecular complexity index is 1270. The van der Waals surface area contributed by atoms with Crippen molar-refractivity contribution in [1.29, 1.82) is 0 Å². The molecule has 7 heteroatoms. The first-order valence-electron chi connectivity index (χ1n) is 8.38. The van der Waals surface area contributed by atoms with Crippen LogP contribution >= 0.6 is 0 Å². The van der Waals surface area contributed by atoms with Crippen molar-refractivity contribution in [2.24, 2.45) is 0 Å². The van der Waals surface area contributed by atoms with Gasteiger partial charge in [-0.3, -0.25) is 14.2 Å². The van der Waals surface area contributed by atoms with Crippen molar-refractivity contribution in [2.45, 2.75) is 13.0 Å². The Hall–Kier alpha value is -3.74. The number of nitrogens with one attached hydrogen (secondary N) is 1. The summed E-state index contributed by atoms with van der Waals surface area (Å²) in [4.78, 5) is 40.1. The quantitative estimate of drug-likeness (QED) is 0.564. The van der Waals surface area contributed by atoms with E-state index in [9.17, 15) is 14.4 Å². The van der Waals surface area contributed by atoms with Crippen molar-refractivity contribution < 1.29 is 9.21 Å². The van der Waals surface area contributed by atoms with Crippen LogP contribution in [0.15, 0.2) is 74.9 Å². The molecule has 0 fully saturated rings. The molecule has 134 valence electrons. The van der Waals surface area contributed by atoms with Crippen LogP contribution < -0.4 is 16.5 Å². The number of hydrogen-bond donors (Lipinski definition) is 1. The summed E-state index contributed by atoms with van der Waals surface area (Å²) in [5.74, 6) is -0.230. The minimum absolute atomic E-state index is 0.127. The number of benzene rings is 2. The van der Waals surface area contributed by atoms with Gasteiger partial charge < -0.3 is 9.73 Å². The molecule has 0 spiro atoms. The highest BCUT2D eigenvalue weighted by Crippen LogP contribution is 2.17. The molecule has 0 aliphatic heterocycles. The van der Waals surface area contributed by atoms with E-state index in [4.69, 9.17) is 4.42 Å². The third-order valence-corrected chi connectivity index (χ3v) is 4.21. The summed E-state index contributed by atoms with van der Waals surface area (Å²) in [5, 5.41) is 4.02. The molecule has 0 bridgehead atoms. The van der Waals surface area contributed by atoms with Crippen LogP contribution in [0, 0.1) is 0 Å². The Kier molecular flexibility index (Phi) is 4.25. The summed E-state index contributed by atoms with van der Waals surface area (Å²) in [5.41, 5.74) is 1.08. The molecule has 7 nitrogen and oxygen atoms in total. The van der Waals surface area contributed by atoms with Crippen LogP contribution in [0.2, 0.25) is 0 Å². The van der Waals surface area contributed by atoms with Crippen LogP contribution in [0.1, 0.15) is 6.42 Å². The molecular formula is C20H15N3O4. The fourth-order valence-corrected chi connectivity index (χ4v) is 2.86. The lowest BCUT2D eigenvalue weighted by Gasteiger charge is -2.08. The lowest BCUT2D eigenvalue weighted by molar-refractivity contribution is -0.116. The highest BCUT2D eigenvalue weighted by molar-refractivity contribution is 5.93. The molecule has 0 saturated heterocycles. The zero-order valence-corrected chi connectivity index (χ0v) is 14.2. The van der Waals surface area contributed by atoms with Gasteiger partial charge in [0.15, 0.2) is 0 Å². The van der Waals surface area contributed by atoms with Crippen LogP contribution in [-0.2, 0) is 11.3 Å². The topological polar surface area (TPSA) is 94.2 Å². The molecule has 0 aliphatic carbocycles. The summed E-state index contributed by atoms with van der Waals surface area (Å²) in [6.07, 6.45) is 1.58. The molecule has 27 heavy (non-hydrogen) atoms. The lowest BCUT2D eigenvalue weighted by atomic mass is 10.2. The monoisotopic (exact) mass is 361 g/mol. The van der Waals surface area contributed by atoms with Crippen LogP contribution in [0.5, 0.6) is 0 Å². The number of carbonyl (C=O) groups excluding carboxylic acids is 1. The average molecular weight is 361 g/mol. The summed E-state index contributed by atoms with van der Waals surface area (Å²) >= 11 is 0. The third-order valence-electron chi connectivity index (χ3n) is 4.21. The Morgan fingerprint density at radius 1 is 1.07 bits per heavy atom. The van der Waals surface area contributed by atoms with Crippen LogP contribution in [-0.4, -0.2) is 15.5 Å². The van der Waals surface area contributed by atoms with E-state index >= 15 is 0 Å². The van der Waals surface area contributed by atoms with Crippen LogP contribution in [0.4, 0.5) is 5.69 Å². The van der Waals surface area contributed by atoms with E-state index in [0.29, 0.717) is 27.6 Å². The maximum atomic E-state index is 12.4. The maximum absolute atomic E-state index is 12.4. The van der Waals surface area contributed by atoms with Gasteiger partial charge in [0.05, 0.1) is 17.2 Å². The van der Waals surface area contributed by atoms with Gasteiger partial charge in [0.2, 0.25) is 5.91 Å². The number of aromatic nitrogens is 2. The van der Waals surface area contributed by atoms with Gasteiger partial charge in [-0.05, 0) is 36.4 Å². The fourth-order valence-electron chi connectivity index (χ4n) is 2.86. The van der Waals surface area contributed by atoms with Crippen LogP contribution in [0.3, 0.4) is 0 Å². The summed E-state index contributed by atoms with van der Waals surface area (Å²) < 4.78 is 6.49.